The van der Waals surface area contributed by atoms with Gasteiger partial charge in [-0.25, -0.2) is 14.2 Å². The fourth-order valence-corrected chi connectivity index (χ4v) is 3.58. The van der Waals surface area contributed by atoms with Crippen molar-refractivity contribution in [1.29, 1.82) is 0 Å². The summed E-state index contributed by atoms with van der Waals surface area (Å²) < 4.78 is 13.9. The number of aliphatic hydroxyl groups is 1. The number of fused-ring (bicyclic) bond motifs is 1. The highest BCUT2D eigenvalue weighted by Crippen LogP contribution is 2.37. The van der Waals surface area contributed by atoms with Gasteiger partial charge in [0.2, 0.25) is 0 Å². The van der Waals surface area contributed by atoms with Gasteiger partial charge in [0.15, 0.2) is 0 Å². The molecule has 0 spiro atoms. The van der Waals surface area contributed by atoms with Crippen molar-refractivity contribution in [3.63, 3.8) is 0 Å². The molecule has 0 fully saturated rings. The Labute approximate surface area is 163 Å². The third-order valence-corrected chi connectivity index (χ3v) is 5.06. The first-order valence-electron chi connectivity index (χ1n) is 8.29. The molecule has 2 aromatic carbocycles. The number of carboxylic acids is 1. The number of rotatable bonds is 5. The van der Waals surface area contributed by atoms with Gasteiger partial charge in [-0.15, -0.1) is 11.3 Å². The molecular weight excluding hydrogens is 381 g/mol. The molecule has 0 atom stereocenters. The van der Waals surface area contributed by atoms with Crippen LogP contribution in [0.15, 0.2) is 54.2 Å². The summed E-state index contributed by atoms with van der Waals surface area (Å²) in [5.74, 6) is -1.57. The predicted octanol–water partition coefficient (Wildman–Crippen LogP) is 4.43. The molecule has 4 rings (SSSR count). The van der Waals surface area contributed by atoms with E-state index in [0.29, 0.717) is 38.4 Å². The Hall–Kier alpha value is -3.36. The highest BCUT2D eigenvalue weighted by atomic mass is 32.1. The summed E-state index contributed by atoms with van der Waals surface area (Å²) in [6, 6.07) is 8.84. The van der Waals surface area contributed by atoms with E-state index in [1.807, 2.05) is 5.38 Å². The molecule has 2 heterocycles. The van der Waals surface area contributed by atoms with Crippen LogP contribution in [0.2, 0.25) is 0 Å². The van der Waals surface area contributed by atoms with Gasteiger partial charge in [0.05, 0.1) is 34.6 Å². The normalized spacial score (nSPS) is 10.9. The van der Waals surface area contributed by atoms with Crippen LogP contribution in [0.3, 0.4) is 0 Å². The average Bonchev–Trinajstić information content (AvgIpc) is 3.23. The molecule has 0 unspecified atom stereocenters. The largest absolute Gasteiger partial charge is 0.478 e. The van der Waals surface area contributed by atoms with Gasteiger partial charge in [-0.2, -0.15) is 0 Å². The molecule has 4 aromatic rings. The van der Waals surface area contributed by atoms with E-state index in [4.69, 9.17) is 0 Å². The summed E-state index contributed by atoms with van der Waals surface area (Å²) >= 11 is 1.40. The van der Waals surface area contributed by atoms with Crippen molar-refractivity contribution in [3.8, 4) is 10.6 Å². The molecule has 0 saturated carbocycles. The van der Waals surface area contributed by atoms with Crippen LogP contribution in [-0.2, 0) is 6.61 Å². The molecule has 0 aliphatic carbocycles. The number of hydrogen-bond acceptors (Lipinski definition) is 6. The molecule has 0 saturated heterocycles. The van der Waals surface area contributed by atoms with Crippen LogP contribution in [-0.4, -0.2) is 26.2 Å². The fraction of sp³-hybridized carbons (Fsp3) is 0.0500. The van der Waals surface area contributed by atoms with Gasteiger partial charge < -0.3 is 15.5 Å². The number of carbonyl (C=O) groups is 1. The van der Waals surface area contributed by atoms with E-state index < -0.39 is 11.8 Å². The minimum Gasteiger partial charge on any atom is -0.478 e. The number of nitrogens with one attached hydrogen (secondary N) is 1. The molecule has 2 aromatic heterocycles. The van der Waals surface area contributed by atoms with Crippen molar-refractivity contribution in [2.45, 2.75) is 6.61 Å². The number of benzene rings is 2. The Kier molecular flexibility index (Phi) is 4.72. The molecule has 0 aliphatic heterocycles. The second-order valence-electron chi connectivity index (χ2n) is 6.01. The summed E-state index contributed by atoms with van der Waals surface area (Å²) in [5.41, 5.74) is 2.51. The molecular formula is C20H14FN3O3S. The summed E-state index contributed by atoms with van der Waals surface area (Å²) in [7, 11) is 0. The number of aliphatic hydroxyl groups excluding tert-OH is 1. The molecule has 0 bridgehead atoms. The Morgan fingerprint density at radius 3 is 2.75 bits per heavy atom. The Morgan fingerprint density at radius 1 is 1.18 bits per heavy atom. The molecule has 0 radical (unpaired) electrons. The Balaban J connectivity index is 1.94. The number of pyridine rings is 1. The van der Waals surface area contributed by atoms with Crippen molar-refractivity contribution in [2.24, 2.45) is 0 Å². The number of nitrogens with zero attached hydrogens (tertiary/aromatic N) is 2. The standard InChI is InChI=1S/C20H14FN3O3S/c21-12-2-4-16-13(8-12)18(15(9-23-16)19-22-5-6-28-19)24-17-3-1-11(10-25)7-14(17)20(26)27/h1-9,25H,10H2,(H,23,24)(H,26,27). The third-order valence-electron chi connectivity index (χ3n) is 4.25. The van der Waals surface area contributed by atoms with Crippen molar-refractivity contribution >= 4 is 39.6 Å². The third kappa shape index (κ3) is 3.30. The van der Waals surface area contributed by atoms with Crippen LogP contribution in [0.25, 0.3) is 21.5 Å². The second-order valence-corrected chi connectivity index (χ2v) is 6.91. The molecule has 28 heavy (non-hydrogen) atoms. The van der Waals surface area contributed by atoms with Gasteiger partial charge in [0.25, 0.3) is 0 Å². The minimum absolute atomic E-state index is 0.00185. The van der Waals surface area contributed by atoms with Gasteiger partial charge in [-0.05, 0) is 35.9 Å². The predicted molar refractivity (Wildman–Crippen MR) is 105 cm³/mol. The van der Waals surface area contributed by atoms with Crippen LogP contribution < -0.4 is 5.32 Å². The SMILES string of the molecule is O=C(O)c1cc(CO)ccc1Nc1c(-c2nccs2)cnc2ccc(F)cc12. The summed E-state index contributed by atoms with van der Waals surface area (Å²) in [6.07, 6.45) is 3.28. The van der Waals surface area contributed by atoms with E-state index in [0.717, 1.165) is 0 Å². The van der Waals surface area contributed by atoms with Gasteiger partial charge in [0.1, 0.15) is 10.8 Å². The monoisotopic (exact) mass is 395 g/mol. The topological polar surface area (TPSA) is 95.3 Å². The Morgan fingerprint density at radius 2 is 2.04 bits per heavy atom. The van der Waals surface area contributed by atoms with Gasteiger partial charge in [-0.3, -0.25) is 4.98 Å². The van der Waals surface area contributed by atoms with Crippen LogP contribution in [0.1, 0.15) is 15.9 Å². The number of aromatic nitrogens is 2. The lowest BCUT2D eigenvalue weighted by molar-refractivity contribution is 0.0698. The van der Waals surface area contributed by atoms with Crippen LogP contribution in [0, 0.1) is 5.82 Å². The number of anilines is 2. The number of halogens is 1. The quantitative estimate of drug-likeness (QED) is 0.463. The maximum atomic E-state index is 13.9. The smallest absolute Gasteiger partial charge is 0.337 e. The van der Waals surface area contributed by atoms with Crippen molar-refractivity contribution in [1.82, 2.24) is 9.97 Å². The van der Waals surface area contributed by atoms with Crippen LogP contribution >= 0.6 is 11.3 Å². The van der Waals surface area contributed by atoms with Crippen LogP contribution in [0.4, 0.5) is 15.8 Å². The maximum absolute atomic E-state index is 13.9. The first-order valence-corrected chi connectivity index (χ1v) is 9.17. The average molecular weight is 395 g/mol. The summed E-state index contributed by atoms with van der Waals surface area (Å²) in [4.78, 5) is 20.4. The first kappa shape index (κ1) is 18.0. The van der Waals surface area contributed by atoms with Gasteiger partial charge in [-0.1, -0.05) is 6.07 Å². The van der Waals surface area contributed by atoms with E-state index in [1.165, 1.54) is 29.5 Å². The number of hydrogen-bond donors (Lipinski definition) is 3. The number of thiazole rings is 1. The fourth-order valence-electron chi connectivity index (χ4n) is 2.93. The van der Waals surface area contributed by atoms with Crippen molar-refractivity contribution in [3.05, 3.63) is 71.1 Å². The first-order chi connectivity index (χ1) is 13.6. The molecule has 140 valence electrons. The number of carboxylic acid groups (broad SMARTS) is 1. The second kappa shape index (κ2) is 7.34. The lowest BCUT2D eigenvalue weighted by atomic mass is 10.1. The van der Waals surface area contributed by atoms with E-state index in [-0.39, 0.29) is 12.2 Å². The van der Waals surface area contributed by atoms with Crippen molar-refractivity contribution < 1.29 is 19.4 Å². The molecule has 0 amide bonds. The summed E-state index contributed by atoms with van der Waals surface area (Å²) in [6.45, 7) is -0.270. The minimum atomic E-state index is -1.14. The van der Waals surface area contributed by atoms with Gasteiger partial charge >= 0.3 is 5.97 Å². The summed E-state index contributed by atoms with van der Waals surface area (Å²) in [5, 5.41) is 25.0. The maximum Gasteiger partial charge on any atom is 0.337 e. The highest BCUT2D eigenvalue weighted by Gasteiger charge is 2.17. The van der Waals surface area contributed by atoms with Crippen molar-refractivity contribution in [2.75, 3.05) is 5.32 Å². The van der Waals surface area contributed by atoms with E-state index in [9.17, 15) is 19.4 Å². The zero-order valence-electron chi connectivity index (χ0n) is 14.4. The zero-order valence-corrected chi connectivity index (χ0v) is 15.2. The molecule has 8 heteroatoms. The van der Waals surface area contributed by atoms with Crippen LogP contribution in [0.5, 0.6) is 0 Å². The zero-order chi connectivity index (χ0) is 19.7. The molecule has 0 aliphatic rings. The lowest BCUT2D eigenvalue weighted by Gasteiger charge is -2.16. The highest BCUT2D eigenvalue weighted by molar-refractivity contribution is 7.13. The molecule has 6 nitrogen and oxygen atoms in total. The number of aromatic carboxylic acids is 1. The van der Waals surface area contributed by atoms with E-state index in [1.54, 1.807) is 30.6 Å². The molecule has 3 N–H and O–H groups in total. The van der Waals surface area contributed by atoms with E-state index in [2.05, 4.69) is 15.3 Å². The Bertz CT molecular complexity index is 1180. The van der Waals surface area contributed by atoms with Gasteiger partial charge in [0, 0.05) is 23.2 Å². The lowest BCUT2D eigenvalue weighted by Crippen LogP contribution is -2.05. The van der Waals surface area contributed by atoms with E-state index >= 15 is 0 Å².